The van der Waals surface area contributed by atoms with E-state index < -0.39 is 16.5 Å². The maximum absolute atomic E-state index is 11.2. The van der Waals surface area contributed by atoms with E-state index in [2.05, 4.69) is 22.2 Å². The second kappa shape index (κ2) is 7.94. The molecular formula is C20H23ClN6O3S. The molecule has 0 bridgehead atoms. The van der Waals surface area contributed by atoms with Gasteiger partial charge in [-0.05, 0) is 31.0 Å². The van der Waals surface area contributed by atoms with Crippen molar-refractivity contribution in [3.05, 3.63) is 47.6 Å². The van der Waals surface area contributed by atoms with Gasteiger partial charge in [-0.1, -0.05) is 34.8 Å². The molecule has 2 aromatic heterocycles. The summed E-state index contributed by atoms with van der Waals surface area (Å²) in [6.07, 6.45) is 7.86. The molecule has 2 N–H and O–H groups in total. The summed E-state index contributed by atoms with van der Waals surface area (Å²) in [5.74, 6) is 1.32. The van der Waals surface area contributed by atoms with Crippen LogP contribution in [0.5, 0.6) is 5.75 Å². The summed E-state index contributed by atoms with van der Waals surface area (Å²) >= 11 is 5.18. The van der Waals surface area contributed by atoms with E-state index in [9.17, 15) is 5.11 Å². The van der Waals surface area contributed by atoms with Gasteiger partial charge in [-0.15, -0.1) is 5.10 Å². The van der Waals surface area contributed by atoms with Crippen molar-refractivity contribution in [3.63, 3.8) is 0 Å². The molecule has 1 aliphatic carbocycles. The minimum absolute atomic E-state index is 0.0427. The second-order valence-corrected chi connectivity index (χ2v) is 10.4. The molecule has 164 valence electrons. The molecule has 11 heteroatoms. The number of aromatic nitrogens is 5. The highest BCUT2D eigenvalue weighted by Gasteiger charge is 2.49. The first kappa shape index (κ1) is 20.5. The Labute approximate surface area is 186 Å². The first-order chi connectivity index (χ1) is 15.0. The fourth-order valence-corrected chi connectivity index (χ4v) is 6.23. The number of benzene rings is 1. The monoisotopic (exact) mass is 462 g/mol. The topological polar surface area (TPSA) is 111 Å². The van der Waals surface area contributed by atoms with Crippen LogP contribution in [0.15, 0.2) is 41.9 Å². The highest BCUT2D eigenvalue weighted by molar-refractivity contribution is 8.29. The third-order valence-corrected chi connectivity index (χ3v) is 8.43. The molecule has 1 fully saturated rings. The fourth-order valence-electron chi connectivity index (χ4n) is 3.49. The first-order valence-corrected chi connectivity index (χ1v) is 11.8. The molecule has 1 aromatic carbocycles. The summed E-state index contributed by atoms with van der Waals surface area (Å²) in [6.45, 7) is 2.64. The van der Waals surface area contributed by atoms with Gasteiger partial charge in [-0.25, -0.2) is 14.7 Å². The summed E-state index contributed by atoms with van der Waals surface area (Å²) in [5, 5.41) is 30.0. The van der Waals surface area contributed by atoms with Crippen LogP contribution < -0.4 is 4.74 Å². The van der Waals surface area contributed by atoms with Crippen LogP contribution in [0.3, 0.4) is 0 Å². The summed E-state index contributed by atoms with van der Waals surface area (Å²) < 4.78 is 9.10. The number of aliphatic hydroxyl groups is 2. The van der Waals surface area contributed by atoms with Crippen LogP contribution in [-0.2, 0) is 0 Å². The summed E-state index contributed by atoms with van der Waals surface area (Å²) in [5.41, 5.74) is 0.383. The molecule has 1 aliphatic heterocycles. The van der Waals surface area contributed by atoms with Crippen LogP contribution in [0, 0.1) is 5.41 Å². The molecule has 2 unspecified atom stereocenters. The Morgan fingerprint density at radius 3 is 2.94 bits per heavy atom. The van der Waals surface area contributed by atoms with E-state index in [1.165, 1.54) is 0 Å². The third kappa shape index (κ3) is 3.73. The van der Waals surface area contributed by atoms with Crippen LogP contribution in [0.2, 0.25) is 5.02 Å². The van der Waals surface area contributed by atoms with Gasteiger partial charge in [0.15, 0.2) is 5.82 Å². The highest BCUT2D eigenvalue weighted by Crippen LogP contribution is 2.61. The zero-order valence-electron chi connectivity index (χ0n) is 16.9. The van der Waals surface area contributed by atoms with E-state index >= 15 is 0 Å². The molecule has 31 heavy (non-hydrogen) atoms. The van der Waals surface area contributed by atoms with Crippen LogP contribution in [0.1, 0.15) is 37.3 Å². The number of hydrogen-bond acceptors (Lipinski definition) is 7. The van der Waals surface area contributed by atoms with Crippen molar-refractivity contribution in [2.75, 3.05) is 13.2 Å². The number of imidazole rings is 1. The van der Waals surface area contributed by atoms with E-state index in [0.29, 0.717) is 35.2 Å². The van der Waals surface area contributed by atoms with E-state index in [1.54, 1.807) is 35.5 Å². The van der Waals surface area contributed by atoms with Gasteiger partial charge in [0.05, 0.1) is 34.8 Å². The Hall–Kier alpha value is -2.40. The van der Waals surface area contributed by atoms with Gasteiger partial charge >= 0.3 is 0 Å². The van der Waals surface area contributed by atoms with Crippen molar-refractivity contribution in [1.29, 1.82) is 0 Å². The van der Waals surface area contributed by atoms with Crippen molar-refractivity contribution >= 4 is 33.5 Å². The number of aliphatic imine (C=N–C) groups is 1. The molecule has 3 heterocycles. The molecular weight excluding hydrogens is 440 g/mol. The van der Waals surface area contributed by atoms with E-state index in [4.69, 9.17) is 26.4 Å². The zero-order valence-corrected chi connectivity index (χ0v) is 18.5. The number of halogens is 1. The predicted molar refractivity (Wildman–Crippen MR) is 120 cm³/mol. The molecule has 0 spiro atoms. The largest absolute Gasteiger partial charge is 0.492 e. The Kier molecular flexibility index (Phi) is 5.25. The lowest BCUT2D eigenvalue weighted by Crippen LogP contribution is -2.17. The number of fused-ring (bicyclic) bond motifs is 1. The maximum atomic E-state index is 11.2. The molecule has 0 saturated heterocycles. The van der Waals surface area contributed by atoms with Crippen molar-refractivity contribution in [1.82, 2.24) is 24.0 Å². The molecule has 9 nitrogen and oxygen atoms in total. The smallest absolute Gasteiger partial charge is 0.162 e. The Balaban J connectivity index is 1.38. The molecule has 0 radical (unpaired) electrons. The quantitative estimate of drug-likeness (QED) is 0.350. The van der Waals surface area contributed by atoms with Crippen LogP contribution in [-0.4, -0.2) is 52.4 Å². The molecule has 2 aliphatic rings. The second-order valence-electron chi connectivity index (χ2n) is 7.94. The average molecular weight is 463 g/mol. The molecule has 0 amide bonds. The van der Waals surface area contributed by atoms with Crippen LogP contribution in [0.25, 0.3) is 5.69 Å². The van der Waals surface area contributed by atoms with Gasteiger partial charge in [0.2, 0.25) is 0 Å². The molecule has 5 rings (SSSR count). The summed E-state index contributed by atoms with van der Waals surface area (Å²) in [4.78, 5) is 8.96. The van der Waals surface area contributed by atoms with Crippen LogP contribution in [0.4, 0.5) is 5.82 Å². The van der Waals surface area contributed by atoms with Gasteiger partial charge in [0.25, 0.3) is 0 Å². The number of hydrogen-bond donors (Lipinski definition) is 3. The normalized spacial score (nSPS) is 20.9. The van der Waals surface area contributed by atoms with Gasteiger partial charge in [-0.2, -0.15) is 0 Å². The first-order valence-electron chi connectivity index (χ1n) is 10.1. The van der Waals surface area contributed by atoms with Gasteiger partial charge < -0.3 is 14.9 Å². The standard InChI is InChI=1S/C20H23ClN6O3S/c1-20(5-6-20)19-23-17-10-22-12-27(17)31(19)18(29)15-11-26(25-24-15)13-3-4-16(14(21)9-13)30-8-2-7-28/h3-4,9-12,18,28-29,31H,2,5-8H2,1H3. The van der Waals surface area contributed by atoms with Crippen LogP contribution >= 0.6 is 22.7 Å². The highest BCUT2D eigenvalue weighted by atomic mass is 35.5. The lowest BCUT2D eigenvalue weighted by Gasteiger charge is -2.27. The Morgan fingerprint density at radius 2 is 2.19 bits per heavy atom. The van der Waals surface area contributed by atoms with E-state index in [0.717, 1.165) is 23.7 Å². The number of nitrogens with zero attached hydrogens (tertiary/aromatic N) is 6. The lowest BCUT2D eigenvalue weighted by molar-refractivity contribution is 0.233. The van der Waals surface area contributed by atoms with Crippen molar-refractivity contribution < 1.29 is 14.9 Å². The van der Waals surface area contributed by atoms with E-state index in [-0.39, 0.29) is 12.0 Å². The number of thiol groups is 1. The summed E-state index contributed by atoms with van der Waals surface area (Å²) in [7, 11) is 0. The molecule has 3 aromatic rings. The van der Waals surface area contributed by atoms with E-state index in [1.807, 2.05) is 10.0 Å². The average Bonchev–Trinajstić information content (AvgIpc) is 3.16. The van der Waals surface area contributed by atoms with Crippen molar-refractivity contribution in [2.45, 2.75) is 31.6 Å². The Bertz CT molecular complexity index is 1140. The Morgan fingerprint density at radius 1 is 1.35 bits per heavy atom. The lowest BCUT2D eigenvalue weighted by atomic mass is 10.2. The number of aliphatic hydroxyl groups excluding tert-OH is 2. The summed E-state index contributed by atoms with van der Waals surface area (Å²) in [6, 6.07) is 5.30. The van der Waals surface area contributed by atoms with Crippen molar-refractivity contribution in [3.8, 4) is 11.4 Å². The SMILES string of the molecule is CC1(C2=Nc3cncn3[SH]2C(O)c2cn(-c3ccc(OCCCO)c(Cl)c3)nn2)CC1. The third-order valence-electron chi connectivity index (χ3n) is 5.56. The van der Waals surface area contributed by atoms with Crippen molar-refractivity contribution in [2.24, 2.45) is 10.4 Å². The fraction of sp³-hybridized carbons (Fsp3) is 0.400. The minimum Gasteiger partial charge on any atom is -0.492 e. The van der Waals surface area contributed by atoms with Gasteiger partial charge in [-0.3, -0.25) is 3.97 Å². The zero-order chi connectivity index (χ0) is 21.6. The number of rotatable bonds is 8. The molecule has 2 atom stereocenters. The number of ether oxygens (including phenoxy) is 1. The van der Waals surface area contributed by atoms with Gasteiger partial charge in [0, 0.05) is 18.4 Å². The predicted octanol–water partition coefficient (Wildman–Crippen LogP) is 3.18. The maximum Gasteiger partial charge on any atom is 0.162 e. The van der Waals surface area contributed by atoms with Gasteiger partial charge in [0.1, 0.15) is 23.2 Å². The minimum atomic E-state index is -1.15. The molecule has 1 saturated carbocycles.